The van der Waals surface area contributed by atoms with Crippen LogP contribution in [0.5, 0.6) is 0 Å². The predicted octanol–water partition coefficient (Wildman–Crippen LogP) is 0.951. The van der Waals surface area contributed by atoms with Gasteiger partial charge in [0.25, 0.3) is 0 Å². The predicted molar refractivity (Wildman–Crippen MR) is 88.1 cm³/mol. The van der Waals surface area contributed by atoms with Crippen molar-refractivity contribution >= 4 is 6.03 Å². The molecule has 1 N–H and O–H groups in total. The molecule has 0 spiro atoms. The van der Waals surface area contributed by atoms with Crippen LogP contribution in [-0.2, 0) is 24.9 Å². The number of ether oxygens (including phenoxy) is 1. The highest BCUT2D eigenvalue weighted by Crippen LogP contribution is 2.13. The van der Waals surface area contributed by atoms with Gasteiger partial charge in [-0.15, -0.1) is 10.2 Å². The molecule has 2 aromatic rings. The third-order valence-corrected chi connectivity index (χ3v) is 3.73. The van der Waals surface area contributed by atoms with Crippen molar-refractivity contribution in [1.82, 2.24) is 34.8 Å². The molecule has 0 aromatic carbocycles. The summed E-state index contributed by atoms with van der Waals surface area (Å²) < 4.78 is 8.90. The first-order valence-electron chi connectivity index (χ1n) is 7.92. The molecule has 0 aliphatic rings. The second-order valence-corrected chi connectivity index (χ2v) is 5.63. The van der Waals surface area contributed by atoms with Gasteiger partial charge in [-0.05, 0) is 12.5 Å². The minimum absolute atomic E-state index is 0.204. The molecule has 0 fully saturated rings. The Bertz CT molecular complexity index is 652. The topological polar surface area (TPSA) is 90.1 Å². The van der Waals surface area contributed by atoms with E-state index in [9.17, 15) is 4.79 Å². The lowest BCUT2D eigenvalue weighted by molar-refractivity contribution is 0.154. The Morgan fingerprint density at radius 3 is 2.92 bits per heavy atom. The first kappa shape index (κ1) is 17.9. The summed E-state index contributed by atoms with van der Waals surface area (Å²) in [7, 11) is 5.17. The van der Waals surface area contributed by atoms with E-state index in [4.69, 9.17) is 4.74 Å². The summed E-state index contributed by atoms with van der Waals surface area (Å²) in [5, 5.41) is 15.1. The molecule has 1 atom stereocenters. The lowest BCUT2D eigenvalue weighted by Gasteiger charge is -2.23. The Morgan fingerprint density at radius 2 is 2.29 bits per heavy atom. The molecule has 9 heteroatoms. The number of carbonyl (C=O) groups is 1. The number of amides is 2. The molecule has 0 saturated heterocycles. The number of methoxy groups -OCH3 is 1. The van der Waals surface area contributed by atoms with Crippen LogP contribution in [0.15, 0.2) is 18.6 Å². The number of hydrogen-bond donors (Lipinski definition) is 1. The molecule has 0 bridgehead atoms. The van der Waals surface area contributed by atoms with Crippen LogP contribution in [-0.4, -0.2) is 56.2 Å². The molecule has 2 aromatic heterocycles. The fraction of sp³-hybridized carbons (Fsp3) is 0.600. The molecule has 24 heavy (non-hydrogen) atoms. The molecule has 2 rings (SSSR count). The van der Waals surface area contributed by atoms with Crippen LogP contribution in [0.25, 0.3) is 0 Å². The average Bonchev–Trinajstić information content (AvgIpc) is 3.16. The summed E-state index contributed by atoms with van der Waals surface area (Å²) in [6.45, 7) is 3.67. The molecule has 0 aliphatic heterocycles. The standard InChI is InChI=1S/C15H25N7O2/c1-5-8-22-11-16-19-14(22)9-20(2)15(23)18-12(10-24-4)13-6-7-17-21(13)3/h6-7,11-12H,5,8-10H2,1-4H3,(H,18,23)/t12-/m0/s1. The van der Waals surface area contributed by atoms with Crippen molar-refractivity contribution in [3.8, 4) is 0 Å². The van der Waals surface area contributed by atoms with E-state index in [0.717, 1.165) is 24.5 Å². The number of nitrogens with one attached hydrogen (secondary N) is 1. The quantitative estimate of drug-likeness (QED) is 0.776. The van der Waals surface area contributed by atoms with Crippen molar-refractivity contribution < 1.29 is 9.53 Å². The maximum atomic E-state index is 12.5. The minimum Gasteiger partial charge on any atom is -0.382 e. The SMILES string of the molecule is CCCn1cnnc1CN(C)C(=O)N[C@@H](COC)c1ccnn1C. The Morgan fingerprint density at radius 1 is 1.50 bits per heavy atom. The van der Waals surface area contributed by atoms with E-state index in [1.54, 1.807) is 36.3 Å². The Hall–Kier alpha value is -2.42. The number of urea groups is 1. The van der Waals surface area contributed by atoms with Crippen LogP contribution >= 0.6 is 0 Å². The molecule has 0 radical (unpaired) electrons. The molecule has 9 nitrogen and oxygen atoms in total. The summed E-state index contributed by atoms with van der Waals surface area (Å²) in [6.07, 6.45) is 4.37. The fourth-order valence-corrected chi connectivity index (χ4v) is 2.47. The van der Waals surface area contributed by atoms with E-state index in [2.05, 4.69) is 27.5 Å². The van der Waals surface area contributed by atoms with Gasteiger partial charge in [-0.3, -0.25) is 4.68 Å². The van der Waals surface area contributed by atoms with Crippen molar-refractivity contribution in [3.63, 3.8) is 0 Å². The Kier molecular flexibility index (Phi) is 6.30. The van der Waals surface area contributed by atoms with Crippen molar-refractivity contribution in [2.75, 3.05) is 20.8 Å². The first-order valence-corrected chi connectivity index (χ1v) is 7.92. The smallest absolute Gasteiger partial charge is 0.318 e. The van der Waals surface area contributed by atoms with Gasteiger partial charge in [0.2, 0.25) is 0 Å². The van der Waals surface area contributed by atoms with Gasteiger partial charge >= 0.3 is 6.03 Å². The lowest BCUT2D eigenvalue weighted by Crippen LogP contribution is -2.41. The van der Waals surface area contributed by atoms with Crippen LogP contribution < -0.4 is 5.32 Å². The number of carbonyl (C=O) groups excluding carboxylic acids is 1. The van der Waals surface area contributed by atoms with E-state index in [1.165, 1.54) is 0 Å². The van der Waals surface area contributed by atoms with Crippen LogP contribution in [0.1, 0.15) is 30.9 Å². The van der Waals surface area contributed by atoms with Crippen LogP contribution in [0, 0.1) is 0 Å². The number of aromatic nitrogens is 5. The van der Waals surface area contributed by atoms with Gasteiger partial charge in [-0.2, -0.15) is 5.10 Å². The molecule has 2 amide bonds. The number of hydrogen-bond acceptors (Lipinski definition) is 5. The minimum atomic E-state index is -0.272. The third kappa shape index (κ3) is 4.31. The second kappa shape index (κ2) is 8.44. The van der Waals surface area contributed by atoms with Crippen LogP contribution in [0.4, 0.5) is 4.79 Å². The third-order valence-electron chi connectivity index (χ3n) is 3.73. The molecular formula is C15H25N7O2. The molecule has 0 aliphatic carbocycles. The summed E-state index contributed by atoms with van der Waals surface area (Å²) in [4.78, 5) is 14.1. The molecular weight excluding hydrogens is 310 g/mol. The number of aryl methyl sites for hydroxylation is 2. The fourth-order valence-electron chi connectivity index (χ4n) is 2.47. The molecule has 2 heterocycles. The zero-order chi connectivity index (χ0) is 17.5. The largest absolute Gasteiger partial charge is 0.382 e. The summed E-state index contributed by atoms with van der Waals surface area (Å²) >= 11 is 0. The monoisotopic (exact) mass is 335 g/mol. The highest BCUT2D eigenvalue weighted by molar-refractivity contribution is 5.74. The van der Waals surface area contributed by atoms with Gasteiger partial charge < -0.3 is 19.5 Å². The van der Waals surface area contributed by atoms with E-state index in [-0.39, 0.29) is 12.1 Å². The Balaban J connectivity index is 2.01. The highest BCUT2D eigenvalue weighted by Gasteiger charge is 2.20. The van der Waals surface area contributed by atoms with Gasteiger partial charge in [0, 0.05) is 33.9 Å². The van der Waals surface area contributed by atoms with Gasteiger partial charge in [0.15, 0.2) is 5.82 Å². The van der Waals surface area contributed by atoms with Crippen LogP contribution in [0.2, 0.25) is 0 Å². The zero-order valence-corrected chi connectivity index (χ0v) is 14.6. The average molecular weight is 335 g/mol. The molecule has 0 unspecified atom stereocenters. The highest BCUT2D eigenvalue weighted by atomic mass is 16.5. The summed E-state index contributed by atoms with van der Waals surface area (Å²) in [5.74, 6) is 0.762. The number of rotatable bonds is 8. The van der Waals surface area contributed by atoms with Crippen molar-refractivity contribution in [2.45, 2.75) is 32.5 Å². The van der Waals surface area contributed by atoms with Crippen molar-refractivity contribution in [2.24, 2.45) is 7.05 Å². The molecule has 0 saturated carbocycles. The van der Waals surface area contributed by atoms with Gasteiger partial charge in [0.05, 0.1) is 24.9 Å². The normalized spacial score (nSPS) is 12.2. The molecule has 132 valence electrons. The van der Waals surface area contributed by atoms with E-state index in [0.29, 0.717) is 13.2 Å². The van der Waals surface area contributed by atoms with E-state index >= 15 is 0 Å². The summed E-state index contributed by atoms with van der Waals surface area (Å²) in [5.41, 5.74) is 0.882. The summed E-state index contributed by atoms with van der Waals surface area (Å²) in [6, 6.07) is 1.39. The first-order chi connectivity index (χ1) is 11.6. The van der Waals surface area contributed by atoms with Crippen molar-refractivity contribution in [3.05, 3.63) is 30.1 Å². The lowest BCUT2D eigenvalue weighted by atomic mass is 10.2. The Labute approximate surface area is 141 Å². The maximum absolute atomic E-state index is 12.5. The second-order valence-electron chi connectivity index (χ2n) is 5.63. The van der Waals surface area contributed by atoms with Gasteiger partial charge in [-0.1, -0.05) is 6.92 Å². The zero-order valence-electron chi connectivity index (χ0n) is 14.6. The number of nitrogens with zero attached hydrogens (tertiary/aromatic N) is 6. The van der Waals surface area contributed by atoms with Gasteiger partial charge in [0.1, 0.15) is 6.33 Å². The maximum Gasteiger partial charge on any atom is 0.318 e. The van der Waals surface area contributed by atoms with Crippen LogP contribution in [0.3, 0.4) is 0 Å². The van der Waals surface area contributed by atoms with Crippen molar-refractivity contribution in [1.29, 1.82) is 0 Å². The van der Waals surface area contributed by atoms with E-state index < -0.39 is 0 Å². The van der Waals surface area contributed by atoms with Gasteiger partial charge in [-0.25, -0.2) is 4.79 Å². The van der Waals surface area contributed by atoms with E-state index in [1.807, 2.05) is 17.7 Å².